The maximum Gasteiger partial charge on any atom is 0.226 e. The Kier molecular flexibility index (Phi) is 6.73. The summed E-state index contributed by atoms with van der Waals surface area (Å²) in [5, 5.41) is 0. The second kappa shape index (κ2) is 8.35. The van der Waals surface area contributed by atoms with E-state index in [1.165, 1.54) is 44.9 Å². The van der Waals surface area contributed by atoms with Gasteiger partial charge in [0.15, 0.2) is 0 Å². The lowest BCUT2D eigenvalue weighted by Gasteiger charge is -2.36. The van der Waals surface area contributed by atoms with Crippen LogP contribution in [0.3, 0.4) is 0 Å². The molecule has 0 spiro atoms. The molecule has 2 heteroatoms. The quantitative estimate of drug-likeness (QED) is 0.380. The largest absolute Gasteiger partial charge is 0.337 e. The van der Waals surface area contributed by atoms with Gasteiger partial charge in [0.2, 0.25) is 5.91 Å². The summed E-state index contributed by atoms with van der Waals surface area (Å²) in [6, 6.07) is 0. The zero-order valence-corrected chi connectivity index (χ0v) is 15.8. The van der Waals surface area contributed by atoms with Crippen LogP contribution in [0.2, 0.25) is 0 Å². The molecule has 0 aliphatic heterocycles. The maximum atomic E-state index is 12.5. The molecule has 0 heterocycles. The average molecular weight is 320 g/mol. The minimum Gasteiger partial charge on any atom is -0.337 e. The van der Waals surface area contributed by atoms with Crippen LogP contribution in [0.25, 0.3) is 0 Å². The van der Waals surface area contributed by atoms with Crippen LogP contribution in [-0.4, -0.2) is 22.9 Å². The summed E-state index contributed by atoms with van der Waals surface area (Å²) in [5.74, 6) is 2.37. The molecule has 0 N–H and O–H groups in total. The molecule has 2 unspecified atom stereocenters. The fourth-order valence-electron chi connectivity index (χ4n) is 3.43. The molecule has 2 saturated carbocycles. The van der Waals surface area contributed by atoms with Crippen LogP contribution < -0.4 is 0 Å². The van der Waals surface area contributed by atoms with Crippen molar-refractivity contribution >= 4 is 5.91 Å². The van der Waals surface area contributed by atoms with Crippen LogP contribution in [0, 0.1) is 17.8 Å². The van der Waals surface area contributed by atoms with Crippen LogP contribution in [0.5, 0.6) is 0 Å². The monoisotopic (exact) mass is 319 g/mol. The van der Waals surface area contributed by atoms with Crippen molar-refractivity contribution < 1.29 is 4.79 Å². The highest BCUT2D eigenvalue weighted by Crippen LogP contribution is 2.44. The first-order valence-corrected chi connectivity index (χ1v) is 9.90. The van der Waals surface area contributed by atoms with Gasteiger partial charge in [0.05, 0.1) is 0 Å². The predicted octanol–water partition coefficient (Wildman–Crippen LogP) is 5.58. The van der Waals surface area contributed by atoms with Gasteiger partial charge in [-0.1, -0.05) is 31.9 Å². The smallest absolute Gasteiger partial charge is 0.226 e. The number of amides is 1. The number of allylic oxidation sites excluding steroid dienone is 2. The summed E-state index contributed by atoms with van der Waals surface area (Å²) in [6.45, 7) is 9.80. The van der Waals surface area contributed by atoms with Crippen LogP contribution in [0.15, 0.2) is 12.2 Å². The molecule has 0 aromatic rings. The number of carbonyl (C=O) groups is 1. The number of rotatable bonds is 10. The van der Waals surface area contributed by atoms with Gasteiger partial charge in [0, 0.05) is 18.0 Å². The van der Waals surface area contributed by atoms with Gasteiger partial charge in [-0.2, -0.15) is 0 Å². The zero-order valence-electron chi connectivity index (χ0n) is 15.8. The zero-order chi connectivity index (χ0) is 16.9. The Morgan fingerprint density at radius 1 is 1.09 bits per heavy atom. The molecule has 2 aliphatic carbocycles. The molecular weight excluding hydrogens is 282 g/mol. The summed E-state index contributed by atoms with van der Waals surface area (Å²) < 4.78 is 0. The Labute approximate surface area is 143 Å². The van der Waals surface area contributed by atoms with Crippen LogP contribution in [0.1, 0.15) is 85.5 Å². The van der Waals surface area contributed by atoms with Crippen LogP contribution in [0.4, 0.5) is 0 Å². The first-order valence-electron chi connectivity index (χ1n) is 9.90. The lowest BCUT2D eigenvalue weighted by Crippen LogP contribution is -2.47. The van der Waals surface area contributed by atoms with Gasteiger partial charge in [0.1, 0.15) is 0 Å². The van der Waals surface area contributed by atoms with E-state index < -0.39 is 0 Å². The Balaban J connectivity index is 1.65. The predicted molar refractivity (Wildman–Crippen MR) is 98.3 cm³/mol. The number of hydrogen-bond donors (Lipinski definition) is 0. The van der Waals surface area contributed by atoms with Crippen LogP contribution >= 0.6 is 0 Å². The molecule has 2 atom stereocenters. The number of nitrogens with zero attached hydrogens (tertiary/aromatic N) is 1. The van der Waals surface area contributed by atoms with E-state index in [4.69, 9.17) is 0 Å². The van der Waals surface area contributed by atoms with Gasteiger partial charge in [-0.05, 0) is 77.6 Å². The molecule has 0 bridgehead atoms. The summed E-state index contributed by atoms with van der Waals surface area (Å²) in [6.07, 6.45) is 16.1. The molecule has 2 rings (SSSR count). The van der Waals surface area contributed by atoms with Crippen molar-refractivity contribution in [2.45, 2.75) is 91.0 Å². The molecule has 132 valence electrons. The third-order valence-electron chi connectivity index (χ3n) is 5.33. The van der Waals surface area contributed by atoms with E-state index in [-0.39, 0.29) is 5.54 Å². The number of hydrogen-bond acceptors (Lipinski definition) is 1. The van der Waals surface area contributed by atoms with Crippen molar-refractivity contribution in [1.29, 1.82) is 0 Å². The molecule has 0 aromatic heterocycles. The highest BCUT2D eigenvalue weighted by atomic mass is 16.2. The lowest BCUT2D eigenvalue weighted by atomic mass is 10.0. The van der Waals surface area contributed by atoms with Gasteiger partial charge in [0.25, 0.3) is 0 Å². The Bertz CT molecular complexity index is 403. The van der Waals surface area contributed by atoms with Crippen molar-refractivity contribution in [3.05, 3.63) is 12.2 Å². The highest BCUT2D eigenvalue weighted by Gasteiger charge is 2.43. The molecular formula is C21H37NO. The lowest BCUT2D eigenvalue weighted by molar-refractivity contribution is -0.137. The Hall–Kier alpha value is -0.790. The highest BCUT2D eigenvalue weighted by molar-refractivity contribution is 5.81. The fourth-order valence-corrected chi connectivity index (χ4v) is 3.43. The first-order chi connectivity index (χ1) is 10.9. The van der Waals surface area contributed by atoms with E-state index in [2.05, 4.69) is 44.7 Å². The van der Waals surface area contributed by atoms with Crippen LogP contribution in [-0.2, 0) is 4.79 Å². The summed E-state index contributed by atoms with van der Waals surface area (Å²) in [4.78, 5) is 14.7. The van der Waals surface area contributed by atoms with Gasteiger partial charge in [-0.15, -0.1) is 0 Å². The third kappa shape index (κ3) is 6.31. The molecule has 0 radical (unpaired) electrons. The standard InChI is InChI=1S/C21H37NO/c1-5-6-7-8-9-10-11-12-18-15-19(18)16-22(21(2,3)4)20(23)17-13-14-17/h9-10,17-19H,5-8,11-16H2,1-4H3/b10-9-. The summed E-state index contributed by atoms with van der Waals surface area (Å²) >= 11 is 0. The number of unbranched alkanes of at least 4 members (excludes halogenated alkanes) is 3. The second-order valence-electron chi connectivity index (χ2n) is 8.69. The SMILES string of the molecule is CCCCC/C=C\CCC1CC1CN(C(=O)C1CC1)C(C)(C)C. The van der Waals surface area contributed by atoms with Gasteiger partial charge in [-0.25, -0.2) is 0 Å². The van der Waals surface area contributed by atoms with Gasteiger partial charge in [-0.3, -0.25) is 4.79 Å². The Morgan fingerprint density at radius 2 is 1.78 bits per heavy atom. The number of carbonyl (C=O) groups excluding carboxylic acids is 1. The van der Waals surface area contributed by atoms with Crippen molar-refractivity contribution in [3.63, 3.8) is 0 Å². The molecule has 1 amide bonds. The van der Waals surface area contributed by atoms with Crippen molar-refractivity contribution in [1.82, 2.24) is 4.90 Å². The minimum absolute atomic E-state index is 0.0218. The molecule has 0 aromatic carbocycles. The first kappa shape index (κ1) is 18.5. The van der Waals surface area contributed by atoms with Gasteiger partial charge < -0.3 is 4.90 Å². The minimum atomic E-state index is -0.0218. The molecule has 0 saturated heterocycles. The van der Waals surface area contributed by atoms with E-state index in [1.807, 2.05) is 0 Å². The van der Waals surface area contributed by atoms with E-state index in [0.29, 0.717) is 11.8 Å². The summed E-state index contributed by atoms with van der Waals surface area (Å²) in [7, 11) is 0. The molecule has 2 nitrogen and oxygen atoms in total. The van der Waals surface area contributed by atoms with E-state index in [0.717, 1.165) is 31.2 Å². The molecule has 2 fully saturated rings. The topological polar surface area (TPSA) is 20.3 Å². The van der Waals surface area contributed by atoms with Crippen molar-refractivity contribution in [3.8, 4) is 0 Å². The second-order valence-corrected chi connectivity index (χ2v) is 8.69. The van der Waals surface area contributed by atoms with Gasteiger partial charge >= 0.3 is 0 Å². The van der Waals surface area contributed by atoms with Crippen molar-refractivity contribution in [2.75, 3.05) is 6.54 Å². The molecule has 2 aliphatic rings. The van der Waals surface area contributed by atoms with E-state index in [1.54, 1.807) is 0 Å². The normalized spacial score (nSPS) is 24.2. The Morgan fingerprint density at radius 3 is 2.39 bits per heavy atom. The van der Waals surface area contributed by atoms with Crippen molar-refractivity contribution in [2.24, 2.45) is 17.8 Å². The molecule has 23 heavy (non-hydrogen) atoms. The van der Waals surface area contributed by atoms with E-state index >= 15 is 0 Å². The maximum absolute atomic E-state index is 12.5. The summed E-state index contributed by atoms with van der Waals surface area (Å²) in [5.41, 5.74) is -0.0218. The fraction of sp³-hybridized carbons (Fsp3) is 0.857. The average Bonchev–Trinajstić information content (AvgIpc) is 3.36. The third-order valence-corrected chi connectivity index (χ3v) is 5.33. The van der Waals surface area contributed by atoms with E-state index in [9.17, 15) is 4.79 Å².